The van der Waals surface area contributed by atoms with Crippen molar-refractivity contribution in [2.45, 2.75) is 19.9 Å². The van der Waals surface area contributed by atoms with Gasteiger partial charge in [0.1, 0.15) is 14.1 Å². The van der Waals surface area contributed by atoms with Crippen molar-refractivity contribution < 1.29 is 4.70 Å². The molecule has 3 N–H and O–H groups in total. The number of nitrogens with one attached hydrogen (secondary N) is 1. The monoisotopic (exact) mass is 118 g/mol. The maximum Gasteiger partial charge on any atom is 0.104 e. The molecule has 0 aromatic heterocycles. The topological polar surface area (TPSA) is 38.0 Å². The van der Waals surface area contributed by atoms with Gasteiger partial charge in [0.05, 0.1) is 6.04 Å². The second-order valence-corrected chi connectivity index (χ2v) is 2.82. The van der Waals surface area contributed by atoms with Crippen LogP contribution in [0.25, 0.3) is 0 Å². The van der Waals surface area contributed by atoms with Crippen LogP contribution in [0.5, 0.6) is 0 Å². The Morgan fingerprint density at radius 2 is 1.75 bits per heavy atom. The molecule has 0 radical (unpaired) electrons. The summed E-state index contributed by atoms with van der Waals surface area (Å²) in [5.74, 6) is 5.56. The van der Waals surface area contributed by atoms with E-state index in [0.29, 0.717) is 10.7 Å². The maximum atomic E-state index is 5.56. The summed E-state index contributed by atoms with van der Waals surface area (Å²) in [7, 11) is 3.78. The van der Waals surface area contributed by atoms with Crippen molar-refractivity contribution in [3.05, 3.63) is 0 Å². The highest BCUT2D eigenvalue weighted by Gasteiger charge is 2.07. The van der Waals surface area contributed by atoms with Gasteiger partial charge in [-0.2, -0.15) is 10.5 Å². The number of hydrogen-bond acceptors (Lipinski definition) is 2. The molecule has 0 aromatic carbocycles. The zero-order chi connectivity index (χ0) is 6.78. The maximum absolute atomic E-state index is 5.56. The molecule has 0 aliphatic rings. The number of quaternary nitrogens is 1. The van der Waals surface area contributed by atoms with Gasteiger partial charge in [-0.3, -0.25) is 0 Å². The van der Waals surface area contributed by atoms with Crippen LogP contribution in [0.3, 0.4) is 0 Å². The molecule has 8 heavy (non-hydrogen) atoms. The van der Waals surface area contributed by atoms with Gasteiger partial charge in [0.2, 0.25) is 0 Å². The standard InChI is InChI=1S/C5H16N3/c1-5(2)7-8(3,4)6/h5,7H,6H2,1-4H3/q+1. The number of nitrogens with zero attached hydrogens (tertiary/aromatic N) is 1. The molecule has 0 aliphatic heterocycles. The highest BCUT2D eigenvalue weighted by atomic mass is 15.8. The summed E-state index contributed by atoms with van der Waals surface area (Å²) < 4.78 is 0.331. The van der Waals surface area contributed by atoms with Gasteiger partial charge in [0.15, 0.2) is 0 Å². The first-order chi connectivity index (χ1) is 3.42. The van der Waals surface area contributed by atoms with Gasteiger partial charge in [-0.25, -0.2) is 0 Å². The largest absolute Gasteiger partial charge is 0.178 e. The molecular formula is C5H16N3+. The fourth-order valence-electron chi connectivity index (χ4n) is 0.665. The molecule has 0 saturated carbocycles. The molecule has 3 heteroatoms. The smallest absolute Gasteiger partial charge is 0.104 e. The Hall–Kier alpha value is -0.120. The van der Waals surface area contributed by atoms with Crippen molar-refractivity contribution in [2.75, 3.05) is 14.1 Å². The summed E-state index contributed by atoms with van der Waals surface area (Å²) in [6, 6.07) is 0.440. The van der Waals surface area contributed by atoms with Crippen molar-refractivity contribution >= 4 is 0 Å². The number of nitrogens with two attached hydrogens (primary N) is 1. The first kappa shape index (κ1) is 7.88. The van der Waals surface area contributed by atoms with Crippen LogP contribution < -0.4 is 11.3 Å². The summed E-state index contributed by atoms with van der Waals surface area (Å²) in [4.78, 5) is 0. The van der Waals surface area contributed by atoms with Gasteiger partial charge in [-0.15, -0.1) is 5.43 Å². The van der Waals surface area contributed by atoms with E-state index in [1.807, 2.05) is 14.1 Å². The van der Waals surface area contributed by atoms with Crippen LogP contribution in [0.1, 0.15) is 13.8 Å². The van der Waals surface area contributed by atoms with E-state index in [1.54, 1.807) is 0 Å². The van der Waals surface area contributed by atoms with E-state index in [-0.39, 0.29) is 0 Å². The summed E-state index contributed by atoms with van der Waals surface area (Å²) in [6.45, 7) is 4.12. The average Bonchev–Trinajstić information content (AvgIpc) is 1.21. The molecule has 0 amide bonds. The molecule has 0 rings (SSSR count). The van der Waals surface area contributed by atoms with Gasteiger partial charge in [-0.1, -0.05) is 0 Å². The van der Waals surface area contributed by atoms with Crippen LogP contribution in [0.4, 0.5) is 0 Å². The fourth-order valence-corrected chi connectivity index (χ4v) is 0.665. The lowest BCUT2D eigenvalue weighted by atomic mass is 10.4. The van der Waals surface area contributed by atoms with Gasteiger partial charge in [0, 0.05) is 0 Å². The molecule has 0 atom stereocenters. The quantitative estimate of drug-likeness (QED) is 0.300. The van der Waals surface area contributed by atoms with E-state index < -0.39 is 0 Å². The SMILES string of the molecule is CC(C)N[N+](C)(C)N. The third-order valence-electron chi connectivity index (χ3n) is 0.591. The Kier molecular flexibility index (Phi) is 2.40. The minimum Gasteiger partial charge on any atom is -0.178 e. The van der Waals surface area contributed by atoms with E-state index in [2.05, 4.69) is 19.3 Å². The van der Waals surface area contributed by atoms with Crippen molar-refractivity contribution in [1.29, 1.82) is 0 Å². The Balaban J connectivity index is 3.39. The van der Waals surface area contributed by atoms with Gasteiger partial charge in [0.25, 0.3) is 0 Å². The molecule has 0 aromatic rings. The lowest BCUT2D eigenvalue weighted by Gasteiger charge is -2.24. The second kappa shape index (κ2) is 2.44. The Morgan fingerprint density at radius 1 is 1.38 bits per heavy atom. The highest BCUT2D eigenvalue weighted by Crippen LogP contribution is 1.81. The highest BCUT2D eigenvalue weighted by molar-refractivity contribution is 4.37. The lowest BCUT2D eigenvalue weighted by Crippen LogP contribution is -2.59. The molecule has 0 aliphatic carbocycles. The molecule has 0 fully saturated rings. The summed E-state index contributed by atoms with van der Waals surface area (Å²) in [5, 5.41) is 0. The van der Waals surface area contributed by atoms with Crippen molar-refractivity contribution in [1.82, 2.24) is 5.43 Å². The van der Waals surface area contributed by atoms with Crippen LogP contribution in [-0.4, -0.2) is 24.8 Å². The molecule has 0 heterocycles. The Labute approximate surface area is 51.0 Å². The third kappa shape index (κ3) is 5.88. The predicted octanol–water partition coefficient (Wildman–Crippen LogP) is -0.150. The summed E-state index contributed by atoms with van der Waals surface area (Å²) in [5.41, 5.74) is 3.10. The fraction of sp³-hybridized carbons (Fsp3) is 1.00. The lowest BCUT2D eigenvalue weighted by molar-refractivity contribution is -0.948. The van der Waals surface area contributed by atoms with Gasteiger partial charge >= 0.3 is 0 Å². The van der Waals surface area contributed by atoms with Crippen molar-refractivity contribution in [3.63, 3.8) is 0 Å². The van der Waals surface area contributed by atoms with E-state index in [4.69, 9.17) is 5.84 Å². The second-order valence-electron chi connectivity index (χ2n) is 2.82. The molecule has 3 nitrogen and oxygen atoms in total. The number of hydrogen-bond donors (Lipinski definition) is 2. The molecule has 50 valence electrons. The van der Waals surface area contributed by atoms with Crippen molar-refractivity contribution in [3.8, 4) is 0 Å². The molecule has 0 unspecified atom stereocenters. The number of rotatable bonds is 2. The predicted molar refractivity (Wildman–Crippen MR) is 34.6 cm³/mol. The first-order valence-electron chi connectivity index (χ1n) is 2.82. The third-order valence-corrected chi connectivity index (χ3v) is 0.591. The Bertz CT molecular complexity index is 62.6. The zero-order valence-electron chi connectivity index (χ0n) is 6.10. The average molecular weight is 118 g/mol. The van der Waals surface area contributed by atoms with E-state index in [9.17, 15) is 0 Å². The van der Waals surface area contributed by atoms with E-state index in [0.717, 1.165) is 0 Å². The normalized spacial score (nSPS) is 12.8. The van der Waals surface area contributed by atoms with Crippen LogP contribution >= 0.6 is 0 Å². The molecule has 0 bridgehead atoms. The Morgan fingerprint density at radius 3 is 1.75 bits per heavy atom. The van der Waals surface area contributed by atoms with Gasteiger partial charge < -0.3 is 0 Å². The van der Waals surface area contributed by atoms with Crippen LogP contribution in [-0.2, 0) is 0 Å². The van der Waals surface area contributed by atoms with Crippen LogP contribution in [0, 0.1) is 0 Å². The first-order valence-corrected chi connectivity index (χ1v) is 2.82. The van der Waals surface area contributed by atoms with Crippen LogP contribution in [0.15, 0.2) is 0 Å². The minimum atomic E-state index is 0.331. The van der Waals surface area contributed by atoms with E-state index >= 15 is 0 Å². The molecular weight excluding hydrogens is 102 g/mol. The minimum absolute atomic E-state index is 0.331. The summed E-state index contributed by atoms with van der Waals surface area (Å²) in [6.07, 6.45) is 0. The van der Waals surface area contributed by atoms with E-state index in [1.165, 1.54) is 0 Å². The molecule has 0 saturated heterocycles. The van der Waals surface area contributed by atoms with Gasteiger partial charge in [-0.05, 0) is 13.8 Å². The van der Waals surface area contributed by atoms with Crippen LogP contribution in [0.2, 0.25) is 0 Å². The molecule has 0 spiro atoms. The zero-order valence-corrected chi connectivity index (χ0v) is 6.10. The summed E-state index contributed by atoms with van der Waals surface area (Å²) >= 11 is 0. The van der Waals surface area contributed by atoms with Crippen molar-refractivity contribution in [2.24, 2.45) is 5.84 Å².